The van der Waals surface area contributed by atoms with Gasteiger partial charge in [-0.15, -0.1) is 0 Å². The molecule has 0 fully saturated rings. The van der Waals surface area contributed by atoms with Gasteiger partial charge in [-0.25, -0.2) is 0 Å². The van der Waals surface area contributed by atoms with E-state index in [1.54, 1.807) is 0 Å². The summed E-state index contributed by atoms with van der Waals surface area (Å²) in [6.07, 6.45) is 3.25. The molecule has 0 atom stereocenters. The number of benzene rings is 2. The number of unbranched alkanes of at least 4 members (excludes halogenated alkanes) is 2. The Kier molecular flexibility index (Phi) is 4.57. The van der Waals surface area contributed by atoms with E-state index in [0.717, 1.165) is 25.9 Å². The maximum absolute atomic E-state index is 5.70. The van der Waals surface area contributed by atoms with Crippen molar-refractivity contribution in [2.75, 3.05) is 6.61 Å². The van der Waals surface area contributed by atoms with Crippen LogP contribution in [0.15, 0.2) is 42.5 Å². The van der Waals surface area contributed by atoms with Gasteiger partial charge >= 0.3 is 0 Å². The standard InChI is InChI=1S/C16H19O/c1-2-3-6-12-17-13-15-10-7-9-14-8-4-5-11-16(14)15/h4-5,7-11H,1-3,6,12-13H2. The molecule has 1 nitrogen and oxygen atoms in total. The summed E-state index contributed by atoms with van der Waals surface area (Å²) >= 11 is 0. The topological polar surface area (TPSA) is 9.23 Å². The molecule has 1 heteroatoms. The van der Waals surface area contributed by atoms with Crippen molar-refractivity contribution in [2.45, 2.75) is 25.9 Å². The number of hydrogen-bond donors (Lipinski definition) is 0. The van der Waals surface area contributed by atoms with Crippen molar-refractivity contribution in [3.05, 3.63) is 55.0 Å². The second kappa shape index (κ2) is 6.41. The summed E-state index contributed by atoms with van der Waals surface area (Å²) in [5, 5.41) is 2.58. The average Bonchev–Trinajstić information content (AvgIpc) is 2.39. The smallest absolute Gasteiger partial charge is 0.0722 e. The highest BCUT2D eigenvalue weighted by Crippen LogP contribution is 2.19. The van der Waals surface area contributed by atoms with Gasteiger partial charge in [0.05, 0.1) is 6.61 Å². The molecule has 0 aliphatic heterocycles. The normalized spacial score (nSPS) is 10.9. The highest BCUT2D eigenvalue weighted by Gasteiger charge is 1.99. The van der Waals surface area contributed by atoms with Gasteiger partial charge in [0.2, 0.25) is 0 Å². The molecule has 2 aromatic carbocycles. The highest BCUT2D eigenvalue weighted by molar-refractivity contribution is 5.85. The van der Waals surface area contributed by atoms with Crippen LogP contribution in [-0.2, 0) is 11.3 Å². The SMILES string of the molecule is [CH2]CCCCOCc1cccc2ccccc12. The molecule has 2 aromatic rings. The third-order valence-electron chi connectivity index (χ3n) is 2.93. The molecular formula is C16H19O. The molecule has 0 unspecified atom stereocenters. The minimum absolute atomic E-state index is 0.707. The van der Waals surface area contributed by atoms with Crippen LogP contribution < -0.4 is 0 Å². The van der Waals surface area contributed by atoms with Gasteiger partial charge < -0.3 is 4.74 Å². The lowest BCUT2D eigenvalue weighted by Gasteiger charge is -2.07. The fourth-order valence-corrected chi connectivity index (χ4v) is 1.98. The predicted molar refractivity (Wildman–Crippen MR) is 72.8 cm³/mol. The van der Waals surface area contributed by atoms with Crippen LogP contribution >= 0.6 is 0 Å². The Bertz CT molecular complexity index is 457. The lowest BCUT2D eigenvalue weighted by molar-refractivity contribution is 0.118. The van der Waals surface area contributed by atoms with E-state index >= 15 is 0 Å². The van der Waals surface area contributed by atoms with E-state index in [0.29, 0.717) is 6.61 Å². The first-order valence-electron chi connectivity index (χ1n) is 6.25. The van der Waals surface area contributed by atoms with E-state index in [1.165, 1.54) is 16.3 Å². The van der Waals surface area contributed by atoms with Crippen molar-refractivity contribution >= 4 is 10.8 Å². The van der Waals surface area contributed by atoms with E-state index < -0.39 is 0 Å². The summed E-state index contributed by atoms with van der Waals surface area (Å²) in [5.41, 5.74) is 1.28. The molecule has 89 valence electrons. The van der Waals surface area contributed by atoms with E-state index in [-0.39, 0.29) is 0 Å². The Labute approximate surface area is 103 Å². The van der Waals surface area contributed by atoms with Crippen LogP contribution in [0.3, 0.4) is 0 Å². The maximum atomic E-state index is 5.70. The van der Waals surface area contributed by atoms with Crippen LogP contribution in [0.2, 0.25) is 0 Å². The first-order chi connectivity index (χ1) is 8.42. The second-order valence-electron chi connectivity index (χ2n) is 4.25. The number of fused-ring (bicyclic) bond motifs is 1. The van der Waals surface area contributed by atoms with Crippen LogP contribution in [0.5, 0.6) is 0 Å². The van der Waals surface area contributed by atoms with Crippen LogP contribution in [-0.4, -0.2) is 6.61 Å². The Morgan fingerprint density at radius 2 is 1.76 bits per heavy atom. The Morgan fingerprint density at radius 1 is 0.941 bits per heavy atom. The second-order valence-corrected chi connectivity index (χ2v) is 4.25. The molecule has 2 rings (SSSR count). The van der Waals surface area contributed by atoms with Gasteiger partial charge in [-0.1, -0.05) is 62.2 Å². The molecule has 0 spiro atoms. The summed E-state index contributed by atoms with van der Waals surface area (Å²) in [6, 6.07) is 14.8. The minimum atomic E-state index is 0.707. The van der Waals surface area contributed by atoms with Crippen molar-refractivity contribution in [1.29, 1.82) is 0 Å². The Hall–Kier alpha value is -1.34. The van der Waals surface area contributed by atoms with Gasteiger partial charge in [-0.2, -0.15) is 0 Å². The first-order valence-corrected chi connectivity index (χ1v) is 6.25. The van der Waals surface area contributed by atoms with Gasteiger partial charge in [0.1, 0.15) is 0 Å². The third kappa shape index (κ3) is 3.31. The summed E-state index contributed by atoms with van der Waals surface area (Å²) in [5.74, 6) is 0. The van der Waals surface area contributed by atoms with Crippen LogP contribution in [0.1, 0.15) is 24.8 Å². The van der Waals surface area contributed by atoms with Crippen molar-refractivity contribution < 1.29 is 4.74 Å². The molecule has 0 N–H and O–H groups in total. The van der Waals surface area contributed by atoms with E-state index in [4.69, 9.17) is 4.74 Å². The Balaban J connectivity index is 1.98. The lowest BCUT2D eigenvalue weighted by Crippen LogP contribution is -1.96. The lowest BCUT2D eigenvalue weighted by atomic mass is 10.1. The van der Waals surface area contributed by atoms with Crippen molar-refractivity contribution in [1.82, 2.24) is 0 Å². The average molecular weight is 227 g/mol. The summed E-state index contributed by atoms with van der Waals surface area (Å²) in [6.45, 7) is 5.37. The van der Waals surface area contributed by atoms with Gasteiger partial charge in [0, 0.05) is 6.61 Å². The molecule has 0 bridgehead atoms. The molecule has 0 aromatic heterocycles. The molecule has 0 amide bonds. The zero-order valence-corrected chi connectivity index (χ0v) is 10.2. The van der Waals surface area contributed by atoms with Crippen LogP contribution in [0.25, 0.3) is 10.8 Å². The minimum Gasteiger partial charge on any atom is -0.377 e. The maximum Gasteiger partial charge on any atom is 0.0722 e. The van der Waals surface area contributed by atoms with E-state index in [2.05, 4.69) is 49.4 Å². The largest absolute Gasteiger partial charge is 0.377 e. The van der Waals surface area contributed by atoms with Gasteiger partial charge in [0.15, 0.2) is 0 Å². The fraction of sp³-hybridized carbons (Fsp3) is 0.312. The molecule has 0 heterocycles. The quantitative estimate of drug-likeness (QED) is 0.666. The first kappa shape index (κ1) is 12.1. The summed E-state index contributed by atoms with van der Waals surface area (Å²) in [7, 11) is 0. The fourth-order valence-electron chi connectivity index (χ4n) is 1.98. The summed E-state index contributed by atoms with van der Waals surface area (Å²) in [4.78, 5) is 0. The zero-order chi connectivity index (χ0) is 11.9. The van der Waals surface area contributed by atoms with E-state index in [9.17, 15) is 0 Å². The van der Waals surface area contributed by atoms with Crippen molar-refractivity contribution in [2.24, 2.45) is 0 Å². The van der Waals surface area contributed by atoms with Gasteiger partial charge in [-0.3, -0.25) is 0 Å². The molecule has 0 aliphatic carbocycles. The summed E-state index contributed by atoms with van der Waals surface area (Å²) < 4.78 is 5.70. The van der Waals surface area contributed by atoms with Crippen LogP contribution in [0.4, 0.5) is 0 Å². The number of ether oxygens (including phenoxy) is 1. The van der Waals surface area contributed by atoms with Crippen LogP contribution in [0, 0.1) is 6.92 Å². The van der Waals surface area contributed by atoms with Crippen molar-refractivity contribution in [3.8, 4) is 0 Å². The molecule has 0 saturated heterocycles. The van der Waals surface area contributed by atoms with E-state index in [1.807, 2.05) is 0 Å². The highest BCUT2D eigenvalue weighted by atomic mass is 16.5. The predicted octanol–water partition coefficient (Wildman–Crippen LogP) is 4.36. The van der Waals surface area contributed by atoms with Gasteiger partial charge in [0.25, 0.3) is 0 Å². The van der Waals surface area contributed by atoms with Crippen molar-refractivity contribution in [3.63, 3.8) is 0 Å². The molecule has 0 saturated carbocycles. The Morgan fingerprint density at radius 3 is 2.65 bits per heavy atom. The zero-order valence-electron chi connectivity index (χ0n) is 10.2. The van der Waals surface area contributed by atoms with Gasteiger partial charge in [-0.05, 0) is 22.8 Å². The molecule has 17 heavy (non-hydrogen) atoms. The molecule has 0 aliphatic rings. The molecular weight excluding hydrogens is 208 g/mol. The monoisotopic (exact) mass is 227 g/mol. The molecule has 1 radical (unpaired) electrons. The number of hydrogen-bond acceptors (Lipinski definition) is 1. The third-order valence-corrected chi connectivity index (χ3v) is 2.93. The number of rotatable bonds is 6.